The number of carbonyl (C=O) groups is 2. The fourth-order valence-corrected chi connectivity index (χ4v) is 3.93. The molecule has 0 bridgehead atoms. The molecule has 0 heterocycles. The van der Waals surface area contributed by atoms with Crippen LogP contribution < -0.4 is 10.6 Å². The SMILES string of the molecule is O=C(CNC(=O)C(c1ccccc1)c1ccccc1)NC1CCCCCCC1. The number of benzene rings is 2. The molecule has 0 spiro atoms. The first kappa shape index (κ1) is 20.1. The van der Waals surface area contributed by atoms with Crippen LogP contribution >= 0.6 is 0 Å². The molecule has 148 valence electrons. The Balaban J connectivity index is 1.60. The first-order valence-corrected chi connectivity index (χ1v) is 10.4. The van der Waals surface area contributed by atoms with E-state index in [4.69, 9.17) is 0 Å². The van der Waals surface area contributed by atoms with Gasteiger partial charge in [-0.1, -0.05) is 92.8 Å². The minimum Gasteiger partial charge on any atom is -0.352 e. The van der Waals surface area contributed by atoms with Gasteiger partial charge in [-0.3, -0.25) is 9.59 Å². The summed E-state index contributed by atoms with van der Waals surface area (Å²) in [6.07, 6.45) is 8.21. The molecule has 0 aromatic heterocycles. The summed E-state index contributed by atoms with van der Waals surface area (Å²) < 4.78 is 0. The Morgan fingerprint density at radius 2 is 1.29 bits per heavy atom. The lowest BCUT2D eigenvalue weighted by Crippen LogP contribution is -2.43. The molecule has 4 heteroatoms. The monoisotopic (exact) mass is 378 g/mol. The van der Waals surface area contributed by atoms with Crippen LogP contribution in [0.25, 0.3) is 0 Å². The lowest BCUT2D eigenvalue weighted by molar-refractivity contribution is -0.126. The normalized spacial score (nSPS) is 15.5. The molecular formula is C24H30N2O2. The molecule has 0 atom stereocenters. The minimum absolute atomic E-state index is 0.0193. The maximum Gasteiger partial charge on any atom is 0.239 e. The Bertz CT molecular complexity index is 698. The van der Waals surface area contributed by atoms with Crippen molar-refractivity contribution in [2.75, 3.05) is 6.54 Å². The lowest BCUT2D eigenvalue weighted by atomic mass is 9.90. The first-order chi connectivity index (χ1) is 13.7. The van der Waals surface area contributed by atoms with Crippen molar-refractivity contribution in [3.8, 4) is 0 Å². The van der Waals surface area contributed by atoms with E-state index >= 15 is 0 Å². The number of nitrogens with one attached hydrogen (secondary N) is 2. The molecule has 0 radical (unpaired) electrons. The minimum atomic E-state index is -0.420. The van der Waals surface area contributed by atoms with Crippen molar-refractivity contribution in [3.05, 3.63) is 71.8 Å². The molecule has 4 nitrogen and oxygen atoms in total. The second-order valence-corrected chi connectivity index (χ2v) is 7.58. The van der Waals surface area contributed by atoms with Gasteiger partial charge < -0.3 is 10.6 Å². The molecule has 1 aliphatic rings. The molecule has 2 aromatic carbocycles. The molecule has 0 aliphatic heterocycles. The highest BCUT2D eigenvalue weighted by Crippen LogP contribution is 2.24. The van der Waals surface area contributed by atoms with Crippen LogP contribution in [0.3, 0.4) is 0 Å². The van der Waals surface area contributed by atoms with Crippen molar-refractivity contribution in [1.82, 2.24) is 10.6 Å². The Morgan fingerprint density at radius 1 is 0.786 bits per heavy atom. The van der Waals surface area contributed by atoms with Crippen molar-refractivity contribution < 1.29 is 9.59 Å². The van der Waals surface area contributed by atoms with E-state index in [2.05, 4.69) is 10.6 Å². The van der Waals surface area contributed by atoms with Gasteiger partial charge >= 0.3 is 0 Å². The smallest absolute Gasteiger partial charge is 0.239 e. The van der Waals surface area contributed by atoms with Gasteiger partial charge in [-0.25, -0.2) is 0 Å². The van der Waals surface area contributed by atoms with Crippen molar-refractivity contribution in [2.24, 2.45) is 0 Å². The maximum atomic E-state index is 13.0. The summed E-state index contributed by atoms with van der Waals surface area (Å²) in [7, 11) is 0. The number of hydrogen-bond acceptors (Lipinski definition) is 2. The standard InChI is InChI=1S/C24H30N2O2/c27-22(26-21-16-10-2-1-3-11-17-21)18-25-24(28)23(19-12-6-4-7-13-19)20-14-8-5-9-15-20/h4-9,12-15,21,23H,1-3,10-11,16-18H2,(H,25,28)(H,26,27). The van der Waals surface area contributed by atoms with Crippen LogP contribution in [0.5, 0.6) is 0 Å². The molecule has 2 N–H and O–H groups in total. The third-order valence-electron chi connectivity index (χ3n) is 5.42. The summed E-state index contributed by atoms with van der Waals surface area (Å²) in [5.41, 5.74) is 1.85. The molecule has 0 saturated heterocycles. The average molecular weight is 379 g/mol. The van der Waals surface area contributed by atoms with Crippen LogP contribution in [0.2, 0.25) is 0 Å². The second kappa shape index (κ2) is 10.6. The molecule has 1 fully saturated rings. The highest BCUT2D eigenvalue weighted by Gasteiger charge is 2.23. The molecule has 2 amide bonds. The molecular weight excluding hydrogens is 348 g/mol. The molecule has 28 heavy (non-hydrogen) atoms. The summed E-state index contributed by atoms with van der Waals surface area (Å²) in [6, 6.07) is 19.6. The quantitative estimate of drug-likeness (QED) is 0.793. The number of hydrogen-bond donors (Lipinski definition) is 2. The van der Waals surface area contributed by atoms with E-state index in [1.807, 2.05) is 60.7 Å². The first-order valence-electron chi connectivity index (χ1n) is 10.4. The van der Waals surface area contributed by atoms with Gasteiger partial charge in [-0.15, -0.1) is 0 Å². The second-order valence-electron chi connectivity index (χ2n) is 7.58. The summed E-state index contributed by atoms with van der Waals surface area (Å²) >= 11 is 0. The average Bonchev–Trinajstić information content (AvgIpc) is 2.70. The predicted octanol–water partition coefficient (Wildman–Crippen LogP) is 4.16. The van der Waals surface area contributed by atoms with Gasteiger partial charge in [-0.05, 0) is 24.0 Å². The third-order valence-corrected chi connectivity index (χ3v) is 5.42. The van der Waals surface area contributed by atoms with E-state index in [1.54, 1.807) is 0 Å². The van der Waals surface area contributed by atoms with Crippen LogP contribution in [-0.4, -0.2) is 24.4 Å². The molecule has 1 saturated carbocycles. The summed E-state index contributed by atoms with van der Waals surface area (Å²) in [4.78, 5) is 25.3. The van der Waals surface area contributed by atoms with Crippen molar-refractivity contribution in [3.63, 3.8) is 0 Å². The van der Waals surface area contributed by atoms with Gasteiger partial charge in [0.25, 0.3) is 0 Å². The van der Waals surface area contributed by atoms with E-state index in [1.165, 1.54) is 32.1 Å². The van der Waals surface area contributed by atoms with Gasteiger partial charge in [0.1, 0.15) is 0 Å². The van der Waals surface area contributed by atoms with Gasteiger partial charge in [0.15, 0.2) is 0 Å². The zero-order valence-corrected chi connectivity index (χ0v) is 16.4. The molecule has 2 aromatic rings. The van der Waals surface area contributed by atoms with E-state index in [9.17, 15) is 9.59 Å². The Kier molecular flexibility index (Phi) is 7.65. The number of carbonyl (C=O) groups excluding carboxylic acids is 2. The number of amides is 2. The Labute approximate surface area is 167 Å². The maximum absolute atomic E-state index is 13.0. The van der Waals surface area contributed by atoms with Crippen LogP contribution in [0, 0.1) is 0 Å². The fraction of sp³-hybridized carbons (Fsp3) is 0.417. The summed E-state index contributed by atoms with van der Waals surface area (Å²) in [6.45, 7) is 0.0193. The van der Waals surface area contributed by atoms with E-state index in [0.29, 0.717) is 0 Å². The zero-order chi connectivity index (χ0) is 19.6. The fourth-order valence-electron chi connectivity index (χ4n) is 3.93. The molecule has 3 rings (SSSR count). The lowest BCUT2D eigenvalue weighted by Gasteiger charge is -2.22. The predicted molar refractivity (Wildman–Crippen MR) is 112 cm³/mol. The van der Waals surface area contributed by atoms with Gasteiger partial charge in [0.05, 0.1) is 12.5 Å². The Hall–Kier alpha value is -2.62. The topological polar surface area (TPSA) is 58.2 Å². The van der Waals surface area contributed by atoms with Crippen LogP contribution in [0.1, 0.15) is 62.0 Å². The summed E-state index contributed by atoms with van der Waals surface area (Å²) in [5, 5.41) is 5.95. The highest BCUT2D eigenvalue weighted by atomic mass is 16.2. The van der Waals surface area contributed by atoms with Crippen LogP contribution in [0.4, 0.5) is 0 Å². The highest BCUT2D eigenvalue weighted by molar-refractivity contribution is 5.90. The number of rotatable bonds is 6. The van der Waals surface area contributed by atoms with Crippen molar-refractivity contribution in [1.29, 1.82) is 0 Å². The van der Waals surface area contributed by atoms with Gasteiger partial charge in [0.2, 0.25) is 11.8 Å². The third kappa shape index (κ3) is 5.95. The van der Waals surface area contributed by atoms with Crippen molar-refractivity contribution in [2.45, 2.75) is 56.9 Å². The molecule has 0 unspecified atom stereocenters. The Morgan fingerprint density at radius 3 is 1.82 bits per heavy atom. The largest absolute Gasteiger partial charge is 0.352 e. The van der Waals surface area contributed by atoms with Crippen LogP contribution in [0.15, 0.2) is 60.7 Å². The molecule has 1 aliphatic carbocycles. The van der Waals surface area contributed by atoms with Crippen molar-refractivity contribution >= 4 is 11.8 Å². The van der Waals surface area contributed by atoms with E-state index in [0.717, 1.165) is 24.0 Å². The van der Waals surface area contributed by atoms with Crippen LogP contribution in [-0.2, 0) is 9.59 Å². The van der Waals surface area contributed by atoms with Gasteiger partial charge in [0, 0.05) is 6.04 Å². The zero-order valence-electron chi connectivity index (χ0n) is 16.4. The van der Waals surface area contributed by atoms with Gasteiger partial charge in [-0.2, -0.15) is 0 Å². The summed E-state index contributed by atoms with van der Waals surface area (Å²) in [5.74, 6) is -0.666. The van der Waals surface area contributed by atoms with E-state index in [-0.39, 0.29) is 24.4 Å². The van der Waals surface area contributed by atoms with E-state index < -0.39 is 5.92 Å².